The van der Waals surface area contributed by atoms with E-state index < -0.39 is 0 Å². The Morgan fingerprint density at radius 1 is 1.44 bits per heavy atom. The Labute approximate surface area is 101 Å². The van der Waals surface area contributed by atoms with E-state index in [4.69, 9.17) is 0 Å². The molecule has 3 unspecified atom stereocenters. The monoisotopic (exact) mass is 227 g/mol. The Morgan fingerprint density at radius 2 is 2.12 bits per heavy atom. The Hall–Kier alpha value is -0.120. The lowest BCUT2D eigenvalue weighted by Gasteiger charge is -2.31. The highest BCUT2D eigenvalue weighted by Gasteiger charge is 2.23. The maximum absolute atomic E-state index is 3.32. The number of rotatable bonds is 6. The zero-order valence-corrected chi connectivity index (χ0v) is 11.7. The van der Waals surface area contributed by atoms with E-state index in [0.717, 1.165) is 6.04 Å². The lowest BCUT2D eigenvalue weighted by molar-refractivity contribution is 0.172. The molecule has 1 rings (SSSR count). The molecular weight excluding hydrogens is 198 g/mol. The molecule has 0 radical (unpaired) electrons. The largest absolute Gasteiger partial charge is 0.317 e. The van der Waals surface area contributed by atoms with Crippen LogP contribution in [0.1, 0.15) is 33.1 Å². The van der Waals surface area contributed by atoms with Gasteiger partial charge in [-0.1, -0.05) is 0 Å². The van der Waals surface area contributed by atoms with Gasteiger partial charge in [-0.05, 0) is 60.8 Å². The summed E-state index contributed by atoms with van der Waals surface area (Å²) in [6.07, 6.45) is 3.97. The second kappa shape index (κ2) is 6.58. The van der Waals surface area contributed by atoms with Crippen LogP contribution < -0.4 is 5.32 Å². The van der Waals surface area contributed by atoms with Crippen LogP contribution in [-0.4, -0.2) is 62.2 Å². The average Bonchev–Trinajstić information content (AvgIpc) is 2.64. The Kier molecular flexibility index (Phi) is 5.73. The minimum atomic E-state index is 0.610. The van der Waals surface area contributed by atoms with Crippen molar-refractivity contribution in [2.75, 3.05) is 34.2 Å². The van der Waals surface area contributed by atoms with Crippen LogP contribution in [0, 0.1) is 0 Å². The van der Waals surface area contributed by atoms with E-state index in [0.29, 0.717) is 12.1 Å². The van der Waals surface area contributed by atoms with Gasteiger partial charge in [-0.25, -0.2) is 0 Å². The zero-order valence-electron chi connectivity index (χ0n) is 11.7. The van der Waals surface area contributed by atoms with Gasteiger partial charge < -0.3 is 15.1 Å². The minimum Gasteiger partial charge on any atom is -0.317 e. The molecule has 0 aromatic heterocycles. The fourth-order valence-electron chi connectivity index (χ4n) is 2.53. The van der Waals surface area contributed by atoms with Crippen molar-refractivity contribution in [3.8, 4) is 0 Å². The summed E-state index contributed by atoms with van der Waals surface area (Å²) in [7, 11) is 6.56. The van der Waals surface area contributed by atoms with Gasteiger partial charge in [-0.2, -0.15) is 0 Å². The molecular formula is C13H29N3. The molecule has 0 bridgehead atoms. The van der Waals surface area contributed by atoms with Crippen LogP contribution in [0.15, 0.2) is 0 Å². The van der Waals surface area contributed by atoms with Crippen LogP contribution in [-0.2, 0) is 0 Å². The summed E-state index contributed by atoms with van der Waals surface area (Å²) in [5.74, 6) is 0. The fraction of sp³-hybridized carbons (Fsp3) is 1.00. The third-order valence-corrected chi connectivity index (χ3v) is 4.11. The summed E-state index contributed by atoms with van der Waals surface area (Å²) < 4.78 is 0. The molecule has 3 nitrogen and oxygen atoms in total. The van der Waals surface area contributed by atoms with Gasteiger partial charge in [-0.15, -0.1) is 0 Å². The Balaban J connectivity index is 2.30. The number of hydrogen-bond donors (Lipinski definition) is 1. The maximum Gasteiger partial charge on any atom is 0.0220 e. The van der Waals surface area contributed by atoms with Gasteiger partial charge in [0.2, 0.25) is 0 Å². The number of likely N-dealkylation sites (N-methyl/N-ethyl adjacent to an activating group) is 2. The molecule has 3 atom stereocenters. The first-order valence-corrected chi connectivity index (χ1v) is 6.62. The van der Waals surface area contributed by atoms with Gasteiger partial charge >= 0.3 is 0 Å². The van der Waals surface area contributed by atoms with Crippen molar-refractivity contribution in [3.05, 3.63) is 0 Å². The first kappa shape index (κ1) is 13.9. The summed E-state index contributed by atoms with van der Waals surface area (Å²) in [6, 6.07) is 2.05. The highest BCUT2D eigenvalue weighted by molar-refractivity contribution is 4.81. The summed E-state index contributed by atoms with van der Waals surface area (Å²) in [6.45, 7) is 7.09. The van der Waals surface area contributed by atoms with Crippen LogP contribution in [0.5, 0.6) is 0 Å². The predicted octanol–water partition coefficient (Wildman–Crippen LogP) is 1.40. The van der Waals surface area contributed by atoms with Gasteiger partial charge in [-0.3, -0.25) is 0 Å². The summed E-state index contributed by atoms with van der Waals surface area (Å²) >= 11 is 0. The Bertz CT molecular complexity index is 196. The molecule has 16 heavy (non-hydrogen) atoms. The van der Waals surface area contributed by atoms with Crippen LogP contribution in [0.3, 0.4) is 0 Å². The van der Waals surface area contributed by atoms with Crippen molar-refractivity contribution in [3.63, 3.8) is 0 Å². The third kappa shape index (κ3) is 4.04. The van der Waals surface area contributed by atoms with E-state index in [1.807, 2.05) is 7.05 Å². The zero-order chi connectivity index (χ0) is 12.1. The number of nitrogens with one attached hydrogen (secondary N) is 1. The lowest BCUT2D eigenvalue weighted by atomic mass is 10.1. The van der Waals surface area contributed by atoms with Crippen LogP contribution in [0.4, 0.5) is 0 Å². The molecule has 0 amide bonds. The molecule has 1 heterocycles. The number of nitrogens with zero attached hydrogens (tertiary/aromatic N) is 2. The molecule has 0 aliphatic carbocycles. The second-order valence-corrected chi connectivity index (χ2v) is 5.49. The predicted molar refractivity (Wildman–Crippen MR) is 70.9 cm³/mol. The topological polar surface area (TPSA) is 18.5 Å². The highest BCUT2D eigenvalue weighted by Crippen LogP contribution is 2.17. The molecule has 1 saturated heterocycles. The second-order valence-electron chi connectivity index (χ2n) is 5.49. The molecule has 0 spiro atoms. The van der Waals surface area contributed by atoms with E-state index in [9.17, 15) is 0 Å². The summed E-state index contributed by atoms with van der Waals surface area (Å²) in [4.78, 5) is 5.02. The lowest BCUT2D eigenvalue weighted by Crippen LogP contribution is -2.42. The van der Waals surface area contributed by atoms with Crippen LogP contribution in [0.25, 0.3) is 0 Å². The number of likely N-dealkylation sites (tertiary alicyclic amines) is 1. The van der Waals surface area contributed by atoms with Gasteiger partial charge in [0.25, 0.3) is 0 Å². The van der Waals surface area contributed by atoms with Gasteiger partial charge in [0.05, 0.1) is 0 Å². The van der Waals surface area contributed by atoms with Gasteiger partial charge in [0.1, 0.15) is 0 Å². The molecule has 0 aromatic rings. The van der Waals surface area contributed by atoms with E-state index in [1.165, 1.54) is 32.4 Å². The third-order valence-electron chi connectivity index (χ3n) is 4.11. The van der Waals surface area contributed by atoms with Crippen molar-refractivity contribution < 1.29 is 0 Å². The number of hydrogen-bond acceptors (Lipinski definition) is 3. The van der Waals surface area contributed by atoms with Crippen molar-refractivity contribution in [2.45, 2.75) is 51.2 Å². The normalized spacial score (nSPS) is 26.2. The van der Waals surface area contributed by atoms with Gasteiger partial charge in [0, 0.05) is 24.7 Å². The molecule has 1 aliphatic rings. The van der Waals surface area contributed by atoms with Crippen molar-refractivity contribution in [1.29, 1.82) is 0 Å². The van der Waals surface area contributed by atoms with Crippen LogP contribution in [0.2, 0.25) is 0 Å². The van der Waals surface area contributed by atoms with Crippen molar-refractivity contribution >= 4 is 0 Å². The first-order chi connectivity index (χ1) is 7.54. The highest BCUT2D eigenvalue weighted by atomic mass is 15.2. The smallest absolute Gasteiger partial charge is 0.0220 e. The molecule has 0 aromatic carbocycles. The molecule has 1 fully saturated rings. The van der Waals surface area contributed by atoms with Crippen molar-refractivity contribution in [2.24, 2.45) is 0 Å². The molecule has 3 heteroatoms. The Morgan fingerprint density at radius 3 is 2.62 bits per heavy atom. The molecule has 1 aliphatic heterocycles. The first-order valence-electron chi connectivity index (χ1n) is 6.62. The average molecular weight is 227 g/mol. The molecule has 1 N–H and O–H groups in total. The van der Waals surface area contributed by atoms with E-state index >= 15 is 0 Å². The van der Waals surface area contributed by atoms with E-state index in [1.54, 1.807) is 0 Å². The quantitative estimate of drug-likeness (QED) is 0.740. The standard InChI is InChI=1S/C13H29N3/c1-11(14-3)9-12(2)16(5)10-13-7-6-8-15(13)4/h11-14H,6-10H2,1-5H3. The van der Waals surface area contributed by atoms with Crippen molar-refractivity contribution in [1.82, 2.24) is 15.1 Å². The maximum atomic E-state index is 3.32. The van der Waals surface area contributed by atoms with E-state index in [2.05, 4.69) is 43.1 Å². The fourth-order valence-corrected chi connectivity index (χ4v) is 2.53. The minimum absolute atomic E-state index is 0.610. The molecule has 96 valence electrons. The summed E-state index contributed by atoms with van der Waals surface area (Å²) in [5, 5.41) is 3.32. The summed E-state index contributed by atoms with van der Waals surface area (Å²) in [5.41, 5.74) is 0. The van der Waals surface area contributed by atoms with Gasteiger partial charge in [0.15, 0.2) is 0 Å². The molecule has 0 saturated carbocycles. The SMILES string of the molecule is CNC(C)CC(C)N(C)CC1CCCN1C. The van der Waals surface area contributed by atoms with Crippen LogP contribution >= 0.6 is 0 Å². The van der Waals surface area contributed by atoms with E-state index in [-0.39, 0.29) is 0 Å².